The highest BCUT2D eigenvalue weighted by molar-refractivity contribution is 6.33. The molecule has 152 valence electrons. The summed E-state index contributed by atoms with van der Waals surface area (Å²) < 4.78 is 2.17. The van der Waals surface area contributed by atoms with Crippen LogP contribution in [0.3, 0.4) is 0 Å². The van der Waals surface area contributed by atoms with E-state index in [1.165, 1.54) is 0 Å². The smallest absolute Gasteiger partial charge is 0.227 e. The first-order valence-corrected chi connectivity index (χ1v) is 10.3. The van der Waals surface area contributed by atoms with Crippen LogP contribution >= 0.6 is 11.6 Å². The van der Waals surface area contributed by atoms with Gasteiger partial charge in [-0.2, -0.15) is 0 Å². The van der Waals surface area contributed by atoms with Crippen LogP contribution in [0.5, 0.6) is 0 Å². The van der Waals surface area contributed by atoms with Crippen molar-refractivity contribution in [2.24, 2.45) is 0 Å². The maximum atomic E-state index is 6.56. The van der Waals surface area contributed by atoms with Crippen LogP contribution < -0.4 is 15.5 Å². The molecule has 1 aliphatic rings. The Kier molecular flexibility index (Phi) is 5.69. The summed E-state index contributed by atoms with van der Waals surface area (Å²) >= 11 is 6.56. The molecule has 1 aromatic carbocycles. The van der Waals surface area contributed by atoms with Crippen LogP contribution in [-0.2, 0) is 0 Å². The summed E-state index contributed by atoms with van der Waals surface area (Å²) in [6.45, 7) is 10.2. The van der Waals surface area contributed by atoms with Gasteiger partial charge in [0.15, 0.2) is 0 Å². The number of aryl methyl sites for hydroxylation is 1. The first-order valence-electron chi connectivity index (χ1n) is 9.92. The predicted octanol–water partition coefficient (Wildman–Crippen LogP) is 4.04. The molecule has 0 bridgehead atoms. The molecule has 1 saturated heterocycles. The Morgan fingerprint density at radius 3 is 2.66 bits per heavy atom. The molecular formula is C21H26ClN7. The van der Waals surface area contributed by atoms with Crippen molar-refractivity contribution in [3.63, 3.8) is 0 Å². The molecule has 0 saturated carbocycles. The summed E-state index contributed by atoms with van der Waals surface area (Å²) in [4.78, 5) is 15.8. The van der Waals surface area contributed by atoms with Crippen molar-refractivity contribution in [1.82, 2.24) is 24.8 Å². The van der Waals surface area contributed by atoms with Gasteiger partial charge in [0.05, 0.1) is 28.3 Å². The average Bonchev–Trinajstić information content (AvgIpc) is 3.11. The monoisotopic (exact) mass is 411 g/mol. The van der Waals surface area contributed by atoms with Crippen molar-refractivity contribution in [3.8, 4) is 11.4 Å². The van der Waals surface area contributed by atoms with Gasteiger partial charge in [-0.3, -0.25) is 0 Å². The summed E-state index contributed by atoms with van der Waals surface area (Å²) in [6, 6.07) is 8.20. The molecule has 7 nitrogen and oxygen atoms in total. The highest BCUT2D eigenvalue weighted by atomic mass is 35.5. The number of imidazole rings is 1. The lowest BCUT2D eigenvalue weighted by Gasteiger charge is -2.30. The van der Waals surface area contributed by atoms with Crippen LogP contribution in [0, 0.1) is 6.92 Å². The first-order chi connectivity index (χ1) is 14.0. The van der Waals surface area contributed by atoms with Crippen molar-refractivity contribution in [1.29, 1.82) is 0 Å². The topological polar surface area (TPSA) is 70.9 Å². The van der Waals surface area contributed by atoms with Gasteiger partial charge < -0.3 is 20.1 Å². The lowest BCUT2D eigenvalue weighted by atomic mass is 10.2. The number of benzene rings is 1. The maximum Gasteiger partial charge on any atom is 0.227 e. The van der Waals surface area contributed by atoms with Crippen molar-refractivity contribution in [2.75, 3.05) is 36.4 Å². The number of piperazine rings is 1. The van der Waals surface area contributed by atoms with Gasteiger partial charge in [-0.25, -0.2) is 15.0 Å². The third kappa shape index (κ3) is 4.21. The van der Waals surface area contributed by atoms with E-state index in [4.69, 9.17) is 16.6 Å². The van der Waals surface area contributed by atoms with Crippen molar-refractivity contribution >= 4 is 28.9 Å². The lowest BCUT2D eigenvalue weighted by molar-refractivity contribution is 0.587. The van der Waals surface area contributed by atoms with E-state index < -0.39 is 0 Å². The summed E-state index contributed by atoms with van der Waals surface area (Å²) in [5.41, 5.74) is 3.74. The molecule has 1 fully saturated rings. The number of nitrogens with zero attached hydrogens (tertiary/aromatic N) is 5. The fourth-order valence-electron chi connectivity index (χ4n) is 3.73. The lowest BCUT2D eigenvalue weighted by Crippen LogP contribution is -2.43. The van der Waals surface area contributed by atoms with Crippen molar-refractivity contribution in [3.05, 3.63) is 47.5 Å². The first kappa shape index (κ1) is 19.7. The molecule has 29 heavy (non-hydrogen) atoms. The Balaban J connectivity index is 1.56. The Morgan fingerprint density at radius 2 is 1.93 bits per heavy atom. The molecule has 4 rings (SSSR count). The average molecular weight is 412 g/mol. The van der Waals surface area contributed by atoms with Crippen molar-refractivity contribution < 1.29 is 0 Å². The highest BCUT2D eigenvalue weighted by Gasteiger charge is 2.15. The van der Waals surface area contributed by atoms with Crippen LogP contribution in [-0.4, -0.2) is 45.7 Å². The zero-order valence-corrected chi connectivity index (χ0v) is 17.7. The van der Waals surface area contributed by atoms with E-state index in [0.717, 1.165) is 59.8 Å². The second-order valence-corrected chi connectivity index (χ2v) is 7.86. The molecular weight excluding hydrogens is 386 g/mol. The standard InChI is InChI=1S/C21H26ClN7/c1-14(2)29-15(3)25-13-20(29)18-6-7-24-21(27-18)26-16-4-5-19(17(22)12-16)28-10-8-23-9-11-28/h4-7,12-14,23H,8-11H2,1-3H3,(H,24,26,27). The van der Waals surface area contributed by atoms with E-state index in [1.807, 2.05) is 31.3 Å². The second kappa shape index (κ2) is 8.39. The fraction of sp³-hybridized carbons (Fsp3) is 0.381. The second-order valence-electron chi connectivity index (χ2n) is 7.45. The molecule has 0 unspecified atom stereocenters. The quantitative estimate of drug-likeness (QED) is 0.660. The molecule has 1 aliphatic heterocycles. The zero-order valence-electron chi connectivity index (χ0n) is 17.0. The van der Waals surface area contributed by atoms with E-state index in [2.05, 4.69) is 50.0 Å². The molecule has 0 atom stereocenters. The Bertz CT molecular complexity index is 992. The van der Waals surface area contributed by atoms with Gasteiger partial charge >= 0.3 is 0 Å². The van der Waals surface area contributed by atoms with Gasteiger partial charge in [-0.05, 0) is 45.0 Å². The number of anilines is 3. The molecule has 0 spiro atoms. The van der Waals surface area contributed by atoms with Gasteiger partial charge in [0.1, 0.15) is 5.82 Å². The third-order valence-corrected chi connectivity index (χ3v) is 5.38. The molecule has 3 heterocycles. The van der Waals surface area contributed by atoms with Crippen LogP contribution in [0.4, 0.5) is 17.3 Å². The van der Waals surface area contributed by atoms with E-state index in [9.17, 15) is 0 Å². The number of halogens is 1. The summed E-state index contributed by atoms with van der Waals surface area (Å²) in [7, 11) is 0. The summed E-state index contributed by atoms with van der Waals surface area (Å²) in [5, 5.41) is 7.36. The summed E-state index contributed by atoms with van der Waals surface area (Å²) in [5.74, 6) is 1.50. The minimum Gasteiger partial charge on any atom is -0.368 e. The minimum absolute atomic E-state index is 0.301. The van der Waals surface area contributed by atoms with Crippen LogP contribution in [0.15, 0.2) is 36.7 Å². The largest absolute Gasteiger partial charge is 0.368 e. The number of nitrogens with one attached hydrogen (secondary N) is 2. The number of aromatic nitrogens is 4. The number of rotatable bonds is 5. The summed E-state index contributed by atoms with van der Waals surface area (Å²) in [6.07, 6.45) is 3.62. The van der Waals surface area contributed by atoms with Gasteiger partial charge in [-0.1, -0.05) is 11.6 Å². The van der Waals surface area contributed by atoms with Gasteiger partial charge in [-0.15, -0.1) is 0 Å². The molecule has 0 aliphatic carbocycles. The maximum absolute atomic E-state index is 6.56. The molecule has 8 heteroatoms. The van der Waals surface area contributed by atoms with E-state index >= 15 is 0 Å². The number of hydrogen-bond acceptors (Lipinski definition) is 6. The van der Waals surface area contributed by atoms with E-state index in [-0.39, 0.29) is 0 Å². The zero-order chi connectivity index (χ0) is 20.4. The fourth-order valence-corrected chi connectivity index (χ4v) is 4.03. The minimum atomic E-state index is 0.301. The van der Waals surface area contributed by atoms with E-state index in [0.29, 0.717) is 12.0 Å². The van der Waals surface area contributed by atoms with Gasteiger partial charge in [0.2, 0.25) is 5.95 Å². The Morgan fingerprint density at radius 1 is 1.14 bits per heavy atom. The normalized spacial score (nSPS) is 14.4. The van der Waals surface area contributed by atoms with Crippen LogP contribution in [0.1, 0.15) is 25.7 Å². The van der Waals surface area contributed by atoms with Crippen LogP contribution in [0.2, 0.25) is 5.02 Å². The molecule has 0 amide bonds. The van der Waals surface area contributed by atoms with Gasteiger partial charge in [0.25, 0.3) is 0 Å². The SMILES string of the molecule is Cc1ncc(-c2ccnc(Nc3ccc(N4CCNCC4)c(Cl)c3)n2)n1C(C)C. The third-order valence-electron chi connectivity index (χ3n) is 5.08. The van der Waals surface area contributed by atoms with Crippen molar-refractivity contribution in [2.45, 2.75) is 26.8 Å². The van der Waals surface area contributed by atoms with E-state index in [1.54, 1.807) is 6.20 Å². The molecule has 2 aromatic heterocycles. The molecule has 2 N–H and O–H groups in total. The molecule has 3 aromatic rings. The van der Waals surface area contributed by atoms with Crippen LogP contribution in [0.25, 0.3) is 11.4 Å². The Labute approximate surface area is 176 Å². The Hall–Kier alpha value is -2.64. The highest BCUT2D eigenvalue weighted by Crippen LogP contribution is 2.30. The molecule has 0 radical (unpaired) electrons. The predicted molar refractivity (Wildman–Crippen MR) is 118 cm³/mol. The van der Waals surface area contributed by atoms with Gasteiger partial charge in [0, 0.05) is 44.1 Å². The number of hydrogen-bond donors (Lipinski definition) is 2.